The van der Waals surface area contributed by atoms with Gasteiger partial charge in [-0.15, -0.1) is 0 Å². The third kappa shape index (κ3) is 5.70. The van der Waals surface area contributed by atoms with E-state index in [1.807, 2.05) is 43.3 Å². The van der Waals surface area contributed by atoms with Gasteiger partial charge in [-0.2, -0.15) is 0 Å². The molecule has 1 heterocycles. The summed E-state index contributed by atoms with van der Waals surface area (Å²) < 4.78 is 5.72. The second-order valence-electron chi connectivity index (χ2n) is 6.62. The first-order valence-electron chi connectivity index (χ1n) is 9.35. The lowest BCUT2D eigenvalue weighted by atomic mass is 10.1. The van der Waals surface area contributed by atoms with Crippen LogP contribution in [0, 0.1) is 0 Å². The molecule has 0 aliphatic carbocycles. The molecule has 2 aromatic carbocycles. The molecule has 0 atom stereocenters. The number of halogens is 1. The van der Waals surface area contributed by atoms with Crippen LogP contribution >= 0.6 is 11.6 Å². The summed E-state index contributed by atoms with van der Waals surface area (Å²) in [5, 5.41) is 3.45. The van der Waals surface area contributed by atoms with Crippen LogP contribution in [0.4, 0.5) is 5.69 Å². The number of amides is 1. The molecule has 3 rings (SSSR count). The zero-order valence-electron chi connectivity index (χ0n) is 15.7. The molecule has 0 bridgehead atoms. The maximum Gasteiger partial charge on any atom is 0.238 e. The molecule has 1 saturated heterocycles. The van der Waals surface area contributed by atoms with Gasteiger partial charge in [0.05, 0.1) is 23.9 Å². The quantitative estimate of drug-likeness (QED) is 0.789. The predicted molar refractivity (Wildman–Crippen MR) is 109 cm³/mol. The second kappa shape index (κ2) is 9.74. The van der Waals surface area contributed by atoms with Gasteiger partial charge in [0.1, 0.15) is 5.75 Å². The average molecular weight is 388 g/mol. The molecule has 1 amide bonds. The van der Waals surface area contributed by atoms with Crippen molar-refractivity contribution in [3.8, 4) is 5.75 Å². The molecule has 0 radical (unpaired) electrons. The number of carbonyl (C=O) groups excluding carboxylic acids is 1. The number of anilines is 1. The third-order valence-corrected chi connectivity index (χ3v) is 4.98. The Morgan fingerprint density at radius 1 is 1.04 bits per heavy atom. The number of rotatable bonds is 7. The summed E-state index contributed by atoms with van der Waals surface area (Å²) in [6, 6.07) is 15.5. The molecule has 1 N–H and O–H groups in total. The van der Waals surface area contributed by atoms with Crippen LogP contribution in [0.2, 0.25) is 5.02 Å². The van der Waals surface area contributed by atoms with Gasteiger partial charge in [-0.3, -0.25) is 14.6 Å². The van der Waals surface area contributed by atoms with Crippen molar-refractivity contribution in [2.24, 2.45) is 0 Å². The molecule has 1 aliphatic heterocycles. The first-order valence-corrected chi connectivity index (χ1v) is 9.73. The molecule has 0 spiro atoms. The van der Waals surface area contributed by atoms with Gasteiger partial charge in [-0.1, -0.05) is 41.9 Å². The fourth-order valence-electron chi connectivity index (χ4n) is 3.23. The number of para-hydroxylation sites is 2. The monoisotopic (exact) mass is 387 g/mol. The van der Waals surface area contributed by atoms with Crippen molar-refractivity contribution in [1.82, 2.24) is 9.80 Å². The highest BCUT2D eigenvalue weighted by Crippen LogP contribution is 2.21. The zero-order chi connectivity index (χ0) is 19.1. The molecular weight excluding hydrogens is 362 g/mol. The molecule has 5 nitrogen and oxygen atoms in total. The predicted octanol–water partition coefficient (Wildman–Crippen LogP) is 3.50. The summed E-state index contributed by atoms with van der Waals surface area (Å²) >= 11 is 6.10. The lowest BCUT2D eigenvalue weighted by molar-refractivity contribution is -0.117. The van der Waals surface area contributed by atoms with E-state index in [4.69, 9.17) is 16.3 Å². The van der Waals surface area contributed by atoms with E-state index in [2.05, 4.69) is 21.2 Å². The van der Waals surface area contributed by atoms with Crippen LogP contribution in [-0.4, -0.2) is 55.0 Å². The van der Waals surface area contributed by atoms with Crippen LogP contribution in [-0.2, 0) is 11.3 Å². The molecule has 144 valence electrons. The molecule has 2 aromatic rings. The van der Waals surface area contributed by atoms with Gasteiger partial charge in [-0.05, 0) is 25.1 Å². The van der Waals surface area contributed by atoms with Gasteiger partial charge < -0.3 is 10.1 Å². The maximum absolute atomic E-state index is 12.3. The number of hydrogen-bond donors (Lipinski definition) is 1. The van der Waals surface area contributed by atoms with E-state index in [0.717, 1.165) is 38.5 Å². The summed E-state index contributed by atoms with van der Waals surface area (Å²) in [5.74, 6) is 0.930. The minimum Gasteiger partial charge on any atom is -0.494 e. The van der Waals surface area contributed by atoms with Crippen LogP contribution < -0.4 is 10.1 Å². The Kier molecular flexibility index (Phi) is 7.10. The van der Waals surface area contributed by atoms with Crippen LogP contribution in [0.3, 0.4) is 0 Å². The van der Waals surface area contributed by atoms with Crippen molar-refractivity contribution in [2.45, 2.75) is 13.5 Å². The highest BCUT2D eigenvalue weighted by molar-refractivity contribution is 6.33. The zero-order valence-corrected chi connectivity index (χ0v) is 16.4. The molecular formula is C21H26ClN3O2. The normalized spacial score (nSPS) is 15.5. The fourth-order valence-corrected chi connectivity index (χ4v) is 3.42. The largest absolute Gasteiger partial charge is 0.494 e. The van der Waals surface area contributed by atoms with Crippen molar-refractivity contribution < 1.29 is 9.53 Å². The minimum atomic E-state index is -0.0294. The summed E-state index contributed by atoms with van der Waals surface area (Å²) in [6.07, 6.45) is 0. The van der Waals surface area contributed by atoms with Crippen LogP contribution in [0.5, 0.6) is 5.75 Å². The maximum atomic E-state index is 12.3. The van der Waals surface area contributed by atoms with Gasteiger partial charge in [0.15, 0.2) is 0 Å². The van der Waals surface area contributed by atoms with Gasteiger partial charge >= 0.3 is 0 Å². The number of hydrogen-bond acceptors (Lipinski definition) is 4. The van der Waals surface area contributed by atoms with Crippen LogP contribution in [0.25, 0.3) is 0 Å². The molecule has 0 saturated carbocycles. The number of nitrogens with zero attached hydrogens (tertiary/aromatic N) is 2. The second-order valence-corrected chi connectivity index (χ2v) is 7.03. The third-order valence-electron chi connectivity index (χ3n) is 4.65. The van der Waals surface area contributed by atoms with E-state index in [-0.39, 0.29) is 5.91 Å². The molecule has 1 fully saturated rings. The summed E-state index contributed by atoms with van der Waals surface area (Å²) in [6.45, 7) is 7.53. The van der Waals surface area contributed by atoms with E-state index < -0.39 is 0 Å². The highest BCUT2D eigenvalue weighted by Gasteiger charge is 2.20. The Hall–Kier alpha value is -2.08. The molecule has 6 heteroatoms. The van der Waals surface area contributed by atoms with Gasteiger partial charge in [-0.25, -0.2) is 0 Å². The van der Waals surface area contributed by atoms with E-state index in [1.54, 1.807) is 6.07 Å². The van der Waals surface area contributed by atoms with E-state index in [1.165, 1.54) is 5.56 Å². The van der Waals surface area contributed by atoms with Gasteiger partial charge in [0.25, 0.3) is 0 Å². The fraction of sp³-hybridized carbons (Fsp3) is 0.381. The number of carbonyl (C=O) groups is 1. The van der Waals surface area contributed by atoms with Crippen molar-refractivity contribution in [3.05, 3.63) is 59.1 Å². The molecule has 27 heavy (non-hydrogen) atoms. The number of ether oxygens (including phenoxy) is 1. The van der Waals surface area contributed by atoms with E-state index >= 15 is 0 Å². The van der Waals surface area contributed by atoms with Crippen molar-refractivity contribution in [1.29, 1.82) is 0 Å². The summed E-state index contributed by atoms with van der Waals surface area (Å²) in [4.78, 5) is 16.9. The summed E-state index contributed by atoms with van der Waals surface area (Å²) in [7, 11) is 0. The summed E-state index contributed by atoms with van der Waals surface area (Å²) in [5.41, 5.74) is 1.87. The van der Waals surface area contributed by atoms with Gasteiger partial charge in [0.2, 0.25) is 5.91 Å². The van der Waals surface area contributed by atoms with E-state index in [0.29, 0.717) is 23.9 Å². The Labute approximate surface area is 165 Å². The lowest BCUT2D eigenvalue weighted by Crippen LogP contribution is -2.48. The first-order chi connectivity index (χ1) is 13.2. The highest BCUT2D eigenvalue weighted by atomic mass is 35.5. The lowest BCUT2D eigenvalue weighted by Gasteiger charge is -2.34. The molecule has 0 unspecified atom stereocenters. The molecule has 0 aromatic heterocycles. The number of benzene rings is 2. The van der Waals surface area contributed by atoms with Crippen molar-refractivity contribution in [3.63, 3.8) is 0 Å². The smallest absolute Gasteiger partial charge is 0.238 e. The SMILES string of the molecule is CCOc1ccccc1CN1CCN(CC(=O)Nc2ccccc2Cl)CC1. The first kappa shape index (κ1) is 19.7. The van der Waals surface area contributed by atoms with Gasteiger partial charge in [0, 0.05) is 38.3 Å². The number of nitrogens with one attached hydrogen (secondary N) is 1. The van der Waals surface area contributed by atoms with Crippen molar-refractivity contribution in [2.75, 3.05) is 44.6 Å². The topological polar surface area (TPSA) is 44.8 Å². The average Bonchev–Trinajstić information content (AvgIpc) is 2.67. The Morgan fingerprint density at radius 2 is 1.70 bits per heavy atom. The van der Waals surface area contributed by atoms with Crippen molar-refractivity contribution >= 4 is 23.2 Å². The Morgan fingerprint density at radius 3 is 2.44 bits per heavy atom. The Balaban J connectivity index is 1.46. The Bertz CT molecular complexity index is 761. The standard InChI is InChI=1S/C21H26ClN3O2/c1-2-27-20-10-6-3-7-17(20)15-24-11-13-25(14-12-24)16-21(26)23-19-9-5-4-8-18(19)22/h3-10H,2,11-16H2,1H3,(H,23,26). The van der Waals surface area contributed by atoms with E-state index in [9.17, 15) is 4.79 Å². The molecule has 1 aliphatic rings. The minimum absolute atomic E-state index is 0.0294. The number of piperazine rings is 1. The van der Waals surface area contributed by atoms with Crippen LogP contribution in [0.1, 0.15) is 12.5 Å². The van der Waals surface area contributed by atoms with Crippen LogP contribution in [0.15, 0.2) is 48.5 Å².